The highest BCUT2D eigenvalue weighted by Gasteiger charge is 2.33. The number of aryl methyl sites for hydroxylation is 1. The summed E-state index contributed by atoms with van der Waals surface area (Å²) in [7, 11) is -3.43. The van der Waals surface area contributed by atoms with Gasteiger partial charge in [-0.1, -0.05) is 6.07 Å². The molecule has 0 bridgehead atoms. The third-order valence-electron chi connectivity index (χ3n) is 4.77. The lowest BCUT2D eigenvalue weighted by Gasteiger charge is -2.35. The molecule has 2 aliphatic rings. The number of fused-ring (bicyclic) bond motifs is 1. The number of carbonyl (C=O) groups excluding carboxylic acids is 1. The molecule has 3 rings (SSSR count). The first kappa shape index (κ1) is 16.4. The molecule has 2 aliphatic carbocycles. The van der Waals surface area contributed by atoms with Crippen LogP contribution in [-0.4, -0.2) is 32.2 Å². The Morgan fingerprint density at radius 3 is 2.70 bits per heavy atom. The molecule has 1 aromatic carbocycles. The zero-order valence-corrected chi connectivity index (χ0v) is 13.8. The van der Waals surface area contributed by atoms with E-state index in [1.165, 1.54) is 11.1 Å². The summed E-state index contributed by atoms with van der Waals surface area (Å²) >= 11 is 0. The first-order valence-electron chi connectivity index (χ1n) is 7.99. The molecule has 5 N–H and O–H groups in total. The lowest BCUT2D eigenvalue weighted by Crippen LogP contribution is -2.46. The highest BCUT2D eigenvalue weighted by Crippen LogP contribution is 2.29. The van der Waals surface area contributed by atoms with Gasteiger partial charge in [0, 0.05) is 17.6 Å². The van der Waals surface area contributed by atoms with Crippen LogP contribution in [-0.2, 0) is 22.9 Å². The largest absolute Gasteiger partial charge is 0.349 e. The van der Waals surface area contributed by atoms with Gasteiger partial charge in [0.1, 0.15) is 0 Å². The Morgan fingerprint density at radius 2 is 2.00 bits per heavy atom. The molecule has 1 amide bonds. The van der Waals surface area contributed by atoms with Crippen LogP contribution in [0.3, 0.4) is 0 Å². The van der Waals surface area contributed by atoms with Gasteiger partial charge in [-0.05, 0) is 61.3 Å². The summed E-state index contributed by atoms with van der Waals surface area (Å²) in [6, 6.07) is 6.05. The van der Waals surface area contributed by atoms with Gasteiger partial charge in [-0.25, -0.2) is 13.6 Å². The van der Waals surface area contributed by atoms with E-state index in [-0.39, 0.29) is 29.7 Å². The van der Waals surface area contributed by atoms with Crippen molar-refractivity contribution in [3.63, 3.8) is 0 Å². The number of hydrogen-bond donors (Lipinski definition) is 3. The predicted molar refractivity (Wildman–Crippen MR) is 88.4 cm³/mol. The average molecular weight is 337 g/mol. The van der Waals surface area contributed by atoms with Crippen LogP contribution < -0.4 is 16.2 Å². The number of amides is 1. The fourth-order valence-corrected chi connectivity index (χ4v) is 4.44. The van der Waals surface area contributed by atoms with E-state index >= 15 is 0 Å². The van der Waals surface area contributed by atoms with Crippen molar-refractivity contribution >= 4 is 15.9 Å². The summed E-state index contributed by atoms with van der Waals surface area (Å²) in [6.45, 7) is 0. The molecule has 0 saturated heterocycles. The first-order chi connectivity index (χ1) is 10.8. The van der Waals surface area contributed by atoms with Crippen LogP contribution >= 0.6 is 0 Å². The minimum atomic E-state index is -3.43. The van der Waals surface area contributed by atoms with E-state index in [9.17, 15) is 13.2 Å². The van der Waals surface area contributed by atoms with Crippen molar-refractivity contribution in [3.8, 4) is 0 Å². The second-order valence-corrected chi connectivity index (χ2v) is 8.48. The van der Waals surface area contributed by atoms with Gasteiger partial charge >= 0.3 is 0 Å². The summed E-state index contributed by atoms with van der Waals surface area (Å²) in [4.78, 5) is 12.3. The Hall–Kier alpha value is -1.44. The standard InChI is InChI=1S/C16H23N3O3S/c17-14-4-3-11-7-13(2-1-12(11)8-14)16(20)19-15-5-10(6-15)9-23(18,21)22/h1-2,7,10,14-15H,3-6,8-9,17H2,(H,19,20)(H2,18,21,22). The Kier molecular flexibility index (Phi) is 4.44. The molecular weight excluding hydrogens is 314 g/mol. The minimum Gasteiger partial charge on any atom is -0.349 e. The summed E-state index contributed by atoms with van der Waals surface area (Å²) in [6.07, 6.45) is 4.08. The molecular formula is C16H23N3O3S. The van der Waals surface area contributed by atoms with Gasteiger partial charge in [-0.3, -0.25) is 4.79 Å². The quantitative estimate of drug-likeness (QED) is 0.733. The zero-order valence-electron chi connectivity index (χ0n) is 13.0. The Morgan fingerprint density at radius 1 is 1.26 bits per heavy atom. The number of primary sulfonamides is 1. The van der Waals surface area contributed by atoms with Crippen LogP contribution in [0.2, 0.25) is 0 Å². The number of nitrogens with two attached hydrogens (primary N) is 2. The van der Waals surface area contributed by atoms with Crippen molar-refractivity contribution in [1.82, 2.24) is 5.32 Å². The fourth-order valence-electron chi connectivity index (χ4n) is 3.51. The van der Waals surface area contributed by atoms with Gasteiger partial charge in [0.05, 0.1) is 5.75 Å². The second kappa shape index (κ2) is 6.22. The van der Waals surface area contributed by atoms with Crippen molar-refractivity contribution in [2.45, 2.75) is 44.2 Å². The summed E-state index contributed by atoms with van der Waals surface area (Å²) in [5.41, 5.74) is 9.07. The third kappa shape index (κ3) is 4.10. The van der Waals surface area contributed by atoms with Crippen LogP contribution in [0.15, 0.2) is 18.2 Å². The number of rotatable bonds is 4. The SMILES string of the molecule is NC1CCc2cc(C(=O)NC3CC(CS(N)(=O)=O)C3)ccc2C1. The number of sulfonamides is 1. The molecule has 1 unspecified atom stereocenters. The van der Waals surface area contributed by atoms with Gasteiger partial charge in [0.25, 0.3) is 5.91 Å². The zero-order chi connectivity index (χ0) is 16.6. The molecule has 0 radical (unpaired) electrons. The molecule has 0 heterocycles. The molecule has 0 aliphatic heterocycles. The van der Waals surface area contributed by atoms with Crippen molar-refractivity contribution in [2.24, 2.45) is 16.8 Å². The predicted octanol–water partition coefficient (Wildman–Crippen LogP) is 0.300. The topological polar surface area (TPSA) is 115 Å². The van der Waals surface area contributed by atoms with Crippen LogP contribution in [0, 0.1) is 5.92 Å². The molecule has 7 heteroatoms. The van der Waals surface area contributed by atoms with Crippen molar-refractivity contribution in [2.75, 3.05) is 5.75 Å². The summed E-state index contributed by atoms with van der Waals surface area (Å²) in [5, 5.41) is 8.00. The minimum absolute atomic E-state index is 0.00152. The summed E-state index contributed by atoms with van der Waals surface area (Å²) in [5.74, 6) is -0.0413. The van der Waals surface area contributed by atoms with Crippen molar-refractivity contribution in [3.05, 3.63) is 34.9 Å². The highest BCUT2D eigenvalue weighted by molar-refractivity contribution is 7.89. The fraction of sp³-hybridized carbons (Fsp3) is 0.562. The Labute approximate surface area is 136 Å². The smallest absolute Gasteiger partial charge is 0.251 e. The average Bonchev–Trinajstić information content (AvgIpc) is 2.43. The van der Waals surface area contributed by atoms with E-state index in [4.69, 9.17) is 10.9 Å². The number of carbonyl (C=O) groups is 1. The van der Waals surface area contributed by atoms with Gasteiger partial charge in [-0.2, -0.15) is 0 Å². The normalized spacial score (nSPS) is 27.0. The van der Waals surface area contributed by atoms with E-state index in [0.29, 0.717) is 18.4 Å². The number of benzene rings is 1. The molecule has 1 fully saturated rings. The maximum atomic E-state index is 12.3. The van der Waals surface area contributed by atoms with E-state index in [1.54, 1.807) is 0 Å². The van der Waals surface area contributed by atoms with Gasteiger partial charge in [-0.15, -0.1) is 0 Å². The number of hydrogen-bond acceptors (Lipinski definition) is 4. The second-order valence-electron chi connectivity index (χ2n) is 6.82. The molecule has 6 nitrogen and oxygen atoms in total. The van der Waals surface area contributed by atoms with Crippen LogP contribution in [0.5, 0.6) is 0 Å². The number of nitrogens with one attached hydrogen (secondary N) is 1. The van der Waals surface area contributed by atoms with E-state index in [1.807, 2.05) is 18.2 Å². The lowest BCUT2D eigenvalue weighted by molar-refractivity contribution is 0.0897. The Bertz CT molecular complexity index is 711. The van der Waals surface area contributed by atoms with Crippen molar-refractivity contribution < 1.29 is 13.2 Å². The molecule has 1 atom stereocenters. The van der Waals surface area contributed by atoms with E-state index < -0.39 is 10.0 Å². The highest BCUT2D eigenvalue weighted by atomic mass is 32.2. The molecule has 0 spiro atoms. The molecule has 1 saturated carbocycles. The van der Waals surface area contributed by atoms with Crippen LogP contribution in [0.4, 0.5) is 0 Å². The van der Waals surface area contributed by atoms with E-state index in [2.05, 4.69) is 5.32 Å². The van der Waals surface area contributed by atoms with Gasteiger partial charge < -0.3 is 11.1 Å². The van der Waals surface area contributed by atoms with Crippen molar-refractivity contribution in [1.29, 1.82) is 0 Å². The van der Waals surface area contributed by atoms with E-state index in [0.717, 1.165) is 19.3 Å². The summed E-state index contributed by atoms with van der Waals surface area (Å²) < 4.78 is 22.1. The van der Waals surface area contributed by atoms with Crippen LogP contribution in [0.25, 0.3) is 0 Å². The van der Waals surface area contributed by atoms with Crippen LogP contribution in [0.1, 0.15) is 40.7 Å². The molecule has 23 heavy (non-hydrogen) atoms. The molecule has 1 aromatic rings. The maximum absolute atomic E-state index is 12.3. The molecule has 126 valence electrons. The molecule has 0 aromatic heterocycles. The van der Waals surface area contributed by atoms with Gasteiger partial charge in [0.2, 0.25) is 10.0 Å². The monoisotopic (exact) mass is 337 g/mol. The third-order valence-corrected chi connectivity index (χ3v) is 5.71. The first-order valence-corrected chi connectivity index (χ1v) is 9.70. The lowest BCUT2D eigenvalue weighted by atomic mass is 9.81. The van der Waals surface area contributed by atoms with Gasteiger partial charge in [0.15, 0.2) is 0 Å². The maximum Gasteiger partial charge on any atom is 0.251 e. The Balaban J connectivity index is 1.56.